The summed E-state index contributed by atoms with van der Waals surface area (Å²) in [6, 6.07) is 10.7. The molecule has 0 aliphatic carbocycles. The van der Waals surface area contributed by atoms with Crippen LogP contribution in [0.3, 0.4) is 0 Å². The van der Waals surface area contributed by atoms with Crippen molar-refractivity contribution in [1.82, 2.24) is 15.1 Å². The van der Waals surface area contributed by atoms with Crippen LogP contribution in [-0.4, -0.2) is 22.9 Å². The summed E-state index contributed by atoms with van der Waals surface area (Å²) in [6.07, 6.45) is 4.99. The van der Waals surface area contributed by atoms with Gasteiger partial charge in [0.2, 0.25) is 0 Å². The molecule has 1 heterocycles. The molecule has 0 fully saturated rings. The molecule has 0 spiro atoms. The van der Waals surface area contributed by atoms with Crippen molar-refractivity contribution in [2.75, 3.05) is 13.1 Å². The van der Waals surface area contributed by atoms with Gasteiger partial charge in [-0.3, -0.25) is 4.68 Å². The summed E-state index contributed by atoms with van der Waals surface area (Å²) < 4.78 is 3.01. The van der Waals surface area contributed by atoms with E-state index in [4.69, 9.17) is 0 Å². The van der Waals surface area contributed by atoms with Gasteiger partial charge < -0.3 is 5.32 Å². The molecule has 0 saturated carbocycles. The maximum atomic E-state index is 4.40. The van der Waals surface area contributed by atoms with Crippen LogP contribution in [0.4, 0.5) is 0 Å². The van der Waals surface area contributed by atoms with E-state index < -0.39 is 0 Å². The van der Waals surface area contributed by atoms with Gasteiger partial charge in [-0.1, -0.05) is 37.3 Å². The molecule has 18 heavy (non-hydrogen) atoms. The monoisotopic (exact) mass is 307 g/mol. The Morgan fingerprint density at radius 1 is 1.33 bits per heavy atom. The van der Waals surface area contributed by atoms with Crippen LogP contribution >= 0.6 is 15.9 Å². The van der Waals surface area contributed by atoms with Crippen molar-refractivity contribution < 1.29 is 0 Å². The fraction of sp³-hybridized carbons (Fsp3) is 0.357. The normalized spacial score (nSPS) is 12.6. The van der Waals surface area contributed by atoms with Crippen molar-refractivity contribution in [3.05, 3.63) is 52.8 Å². The van der Waals surface area contributed by atoms with Crippen LogP contribution < -0.4 is 5.32 Å². The molecule has 0 radical (unpaired) electrons. The number of nitrogens with zero attached hydrogens (tertiary/aromatic N) is 2. The zero-order valence-corrected chi connectivity index (χ0v) is 12.1. The highest BCUT2D eigenvalue weighted by Gasteiger charge is 2.13. The molecule has 1 unspecified atom stereocenters. The van der Waals surface area contributed by atoms with Crippen molar-refractivity contribution >= 4 is 15.9 Å². The van der Waals surface area contributed by atoms with Crippen molar-refractivity contribution in [3.63, 3.8) is 0 Å². The molecule has 96 valence electrons. The van der Waals surface area contributed by atoms with Gasteiger partial charge in [-0.15, -0.1) is 0 Å². The molecule has 1 aromatic heterocycles. The molecule has 0 amide bonds. The van der Waals surface area contributed by atoms with Gasteiger partial charge in [0, 0.05) is 12.7 Å². The summed E-state index contributed by atoms with van der Waals surface area (Å²) >= 11 is 3.45. The maximum absolute atomic E-state index is 4.40. The molecule has 0 aliphatic heterocycles. The minimum absolute atomic E-state index is 0.240. The lowest BCUT2D eigenvalue weighted by molar-refractivity contribution is 0.480. The predicted molar refractivity (Wildman–Crippen MR) is 77.7 cm³/mol. The Bertz CT molecular complexity index is 467. The van der Waals surface area contributed by atoms with Gasteiger partial charge in [0.1, 0.15) is 0 Å². The number of benzene rings is 1. The Hall–Kier alpha value is -1.13. The van der Waals surface area contributed by atoms with Gasteiger partial charge in [-0.05, 0) is 34.5 Å². The van der Waals surface area contributed by atoms with Crippen molar-refractivity contribution in [3.8, 4) is 0 Å². The summed E-state index contributed by atoms with van der Waals surface area (Å²) in [5, 5.41) is 7.87. The number of halogens is 1. The quantitative estimate of drug-likeness (QED) is 0.830. The van der Waals surface area contributed by atoms with Crippen LogP contribution in [0.5, 0.6) is 0 Å². The third kappa shape index (κ3) is 3.43. The van der Waals surface area contributed by atoms with Crippen LogP contribution in [0.25, 0.3) is 0 Å². The second-order valence-electron chi connectivity index (χ2n) is 4.27. The summed E-state index contributed by atoms with van der Waals surface area (Å²) in [5.74, 6) is 0. The molecule has 0 saturated heterocycles. The lowest BCUT2D eigenvalue weighted by atomic mass is 10.1. The van der Waals surface area contributed by atoms with E-state index in [9.17, 15) is 0 Å². The number of hydrogen-bond acceptors (Lipinski definition) is 2. The summed E-state index contributed by atoms with van der Waals surface area (Å²) in [4.78, 5) is 0. The van der Waals surface area contributed by atoms with E-state index in [-0.39, 0.29) is 6.04 Å². The Kier molecular flexibility index (Phi) is 4.96. The van der Waals surface area contributed by atoms with Gasteiger partial charge >= 0.3 is 0 Å². The molecular formula is C14H18BrN3. The van der Waals surface area contributed by atoms with Crippen LogP contribution in [0.2, 0.25) is 0 Å². The highest BCUT2D eigenvalue weighted by atomic mass is 79.9. The molecule has 0 aliphatic rings. The smallest absolute Gasteiger partial charge is 0.0893 e. The van der Waals surface area contributed by atoms with Crippen molar-refractivity contribution in [2.45, 2.75) is 19.4 Å². The van der Waals surface area contributed by atoms with E-state index in [1.54, 1.807) is 0 Å². The Balaban J connectivity index is 2.18. The van der Waals surface area contributed by atoms with Gasteiger partial charge in [0.25, 0.3) is 0 Å². The van der Waals surface area contributed by atoms with E-state index in [0.29, 0.717) is 0 Å². The molecule has 4 heteroatoms. The largest absolute Gasteiger partial charge is 0.314 e. The minimum Gasteiger partial charge on any atom is -0.314 e. The van der Waals surface area contributed by atoms with E-state index in [1.165, 1.54) is 5.56 Å². The SMILES string of the molecule is CCCNCC(c1ccccc1)n1cc(Br)cn1. The summed E-state index contributed by atoms with van der Waals surface area (Å²) in [7, 11) is 0. The molecule has 1 aromatic carbocycles. The third-order valence-corrected chi connectivity index (χ3v) is 3.25. The highest BCUT2D eigenvalue weighted by Crippen LogP contribution is 2.19. The van der Waals surface area contributed by atoms with E-state index in [2.05, 4.69) is 57.5 Å². The van der Waals surface area contributed by atoms with E-state index in [0.717, 1.165) is 24.0 Å². The first-order chi connectivity index (χ1) is 8.81. The second-order valence-corrected chi connectivity index (χ2v) is 5.18. The van der Waals surface area contributed by atoms with Crippen LogP contribution in [0.1, 0.15) is 24.9 Å². The second kappa shape index (κ2) is 6.71. The van der Waals surface area contributed by atoms with E-state index >= 15 is 0 Å². The summed E-state index contributed by atoms with van der Waals surface area (Å²) in [6.45, 7) is 4.10. The Labute approximate surface area is 116 Å². The lowest BCUT2D eigenvalue weighted by Gasteiger charge is -2.18. The first-order valence-corrected chi connectivity index (χ1v) is 7.06. The lowest BCUT2D eigenvalue weighted by Crippen LogP contribution is -2.27. The van der Waals surface area contributed by atoms with Gasteiger partial charge in [-0.2, -0.15) is 5.10 Å². The minimum atomic E-state index is 0.240. The summed E-state index contributed by atoms with van der Waals surface area (Å²) in [5.41, 5.74) is 1.27. The molecule has 1 N–H and O–H groups in total. The van der Waals surface area contributed by atoms with Crippen LogP contribution in [0, 0.1) is 0 Å². The zero-order valence-electron chi connectivity index (χ0n) is 10.5. The topological polar surface area (TPSA) is 29.9 Å². The standard InChI is InChI=1S/C14H18BrN3/c1-2-8-16-10-14(12-6-4-3-5-7-12)18-11-13(15)9-17-18/h3-7,9,11,14,16H,2,8,10H2,1H3. The fourth-order valence-electron chi connectivity index (χ4n) is 1.94. The Morgan fingerprint density at radius 3 is 2.72 bits per heavy atom. The number of nitrogens with one attached hydrogen (secondary N) is 1. The average molecular weight is 308 g/mol. The molecule has 0 bridgehead atoms. The van der Waals surface area contributed by atoms with Gasteiger partial charge in [-0.25, -0.2) is 0 Å². The highest BCUT2D eigenvalue weighted by molar-refractivity contribution is 9.10. The van der Waals surface area contributed by atoms with Crippen molar-refractivity contribution in [2.24, 2.45) is 0 Å². The first-order valence-electron chi connectivity index (χ1n) is 6.26. The van der Waals surface area contributed by atoms with E-state index in [1.807, 2.05) is 23.1 Å². The maximum Gasteiger partial charge on any atom is 0.0893 e. The number of rotatable bonds is 6. The number of hydrogen-bond donors (Lipinski definition) is 1. The Morgan fingerprint density at radius 2 is 2.11 bits per heavy atom. The number of aromatic nitrogens is 2. The fourth-order valence-corrected chi connectivity index (χ4v) is 2.24. The predicted octanol–water partition coefficient (Wildman–Crippen LogP) is 3.23. The molecule has 2 aromatic rings. The molecule has 3 nitrogen and oxygen atoms in total. The van der Waals surface area contributed by atoms with Crippen LogP contribution in [-0.2, 0) is 0 Å². The van der Waals surface area contributed by atoms with Gasteiger partial charge in [0.05, 0.1) is 16.7 Å². The third-order valence-electron chi connectivity index (χ3n) is 2.84. The first kappa shape index (κ1) is 13.3. The van der Waals surface area contributed by atoms with Crippen LogP contribution in [0.15, 0.2) is 47.2 Å². The molecular weight excluding hydrogens is 290 g/mol. The average Bonchev–Trinajstić information content (AvgIpc) is 2.82. The van der Waals surface area contributed by atoms with Crippen molar-refractivity contribution in [1.29, 1.82) is 0 Å². The zero-order chi connectivity index (χ0) is 12.8. The molecule has 1 atom stereocenters. The van der Waals surface area contributed by atoms with Gasteiger partial charge in [0.15, 0.2) is 0 Å². The molecule has 2 rings (SSSR count).